The number of benzene rings is 1. The topological polar surface area (TPSA) is 26.3 Å². The van der Waals surface area contributed by atoms with Crippen LogP contribution in [0.3, 0.4) is 0 Å². The van der Waals surface area contributed by atoms with Gasteiger partial charge in [0.15, 0.2) is 0 Å². The van der Waals surface area contributed by atoms with Crippen molar-refractivity contribution >= 4 is 21.9 Å². The minimum absolute atomic E-state index is 0.0679. The van der Waals surface area contributed by atoms with E-state index in [9.17, 15) is 18.0 Å². The molecule has 6 heteroatoms. The molecule has 1 rings (SSSR count). The Morgan fingerprint density at radius 1 is 1.21 bits per heavy atom. The Hall–Kier alpha value is -1.04. The molecule has 106 valence electrons. The van der Waals surface area contributed by atoms with Crippen molar-refractivity contribution in [2.45, 2.75) is 39.3 Å². The number of rotatable bonds is 1. The lowest BCUT2D eigenvalue weighted by atomic mass is 9.85. The Balaban J connectivity index is 3.52. The van der Waals surface area contributed by atoms with Gasteiger partial charge >= 0.3 is 12.1 Å². The highest BCUT2D eigenvalue weighted by atomic mass is 79.9. The summed E-state index contributed by atoms with van der Waals surface area (Å²) in [4.78, 5) is 11.0. The fourth-order valence-corrected chi connectivity index (χ4v) is 2.75. The first kappa shape index (κ1) is 16.0. The Kier molecular flexibility index (Phi) is 4.34. The van der Waals surface area contributed by atoms with E-state index in [1.54, 1.807) is 0 Å². The Bertz CT molecular complexity index is 502. The third kappa shape index (κ3) is 3.96. The molecule has 0 aromatic heterocycles. The molecule has 1 aromatic rings. The summed E-state index contributed by atoms with van der Waals surface area (Å²) in [5, 5.41) is 0. The Morgan fingerprint density at radius 2 is 1.74 bits per heavy atom. The van der Waals surface area contributed by atoms with Gasteiger partial charge in [-0.1, -0.05) is 36.7 Å². The first-order chi connectivity index (χ1) is 8.43. The molecule has 0 saturated carbocycles. The second-order valence-electron chi connectivity index (χ2n) is 5.17. The third-order valence-electron chi connectivity index (χ3n) is 2.39. The zero-order valence-corrected chi connectivity index (χ0v) is 12.6. The summed E-state index contributed by atoms with van der Waals surface area (Å²) >= 11 is 3.12. The van der Waals surface area contributed by atoms with Crippen LogP contribution in [0.5, 0.6) is 5.75 Å². The molecular weight excluding hydrogens is 325 g/mol. The van der Waals surface area contributed by atoms with Gasteiger partial charge in [0, 0.05) is 17.0 Å². The van der Waals surface area contributed by atoms with E-state index in [-0.39, 0.29) is 10.2 Å². The van der Waals surface area contributed by atoms with E-state index in [1.165, 1.54) is 0 Å². The van der Waals surface area contributed by atoms with Gasteiger partial charge in [0.25, 0.3) is 0 Å². The monoisotopic (exact) mass is 338 g/mol. The number of hydrogen-bond donors (Lipinski definition) is 0. The van der Waals surface area contributed by atoms with Gasteiger partial charge in [-0.2, -0.15) is 13.2 Å². The van der Waals surface area contributed by atoms with Crippen molar-refractivity contribution in [2.75, 3.05) is 0 Å². The summed E-state index contributed by atoms with van der Waals surface area (Å²) < 4.78 is 43.4. The van der Waals surface area contributed by atoms with Crippen molar-refractivity contribution < 1.29 is 22.7 Å². The van der Waals surface area contributed by atoms with Crippen molar-refractivity contribution in [3.8, 4) is 5.75 Å². The fourth-order valence-electron chi connectivity index (χ4n) is 1.71. The van der Waals surface area contributed by atoms with E-state index in [0.29, 0.717) is 5.56 Å². The second kappa shape index (κ2) is 5.15. The number of carbonyl (C=O) groups excluding carboxylic acids is 1. The van der Waals surface area contributed by atoms with Crippen LogP contribution >= 0.6 is 15.9 Å². The van der Waals surface area contributed by atoms with Gasteiger partial charge in [-0.05, 0) is 17.5 Å². The lowest BCUT2D eigenvalue weighted by molar-refractivity contribution is -0.138. The molecule has 0 fully saturated rings. The highest BCUT2D eigenvalue weighted by Crippen LogP contribution is 2.42. The quantitative estimate of drug-likeness (QED) is 0.548. The van der Waals surface area contributed by atoms with Crippen LogP contribution in [0.2, 0.25) is 0 Å². The normalized spacial score (nSPS) is 12.4. The molecule has 0 radical (unpaired) electrons. The molecular formula is C13H14BrF3O2. The van der Waals surface area contributed by atoms with Crippen molar-refractivity contribution in [1.82, 2.24) is 0 Å². The summed E-state index contributed by atoms with van der Waals surface area (Å²) in [5.41, 5.74) is -0.798. The van der Waals surface area contributed by atoms with Gasteiger partial charge in [0.2, 0.25) is 0 Å². The first-order valence-corrected chi connectivity index (χ1v) is 6.32. The number of ether oxygens (including phenoxy) is 1. The zero-order chi connectivity index (χ0) is 15.0. The van der Waals surface area contributed by atoms with Crippen LogP contribution in [0.15, 0.2) is 16.6 Å². The molecule has 0 bridgehead atoms. The number of halogens is 4. The molecule has 2 nitrogen and oxygen atoms in total. The van der Waals surface area contributed by atoms with Crippen LogP contribution in [-0.2, 0) is 16.4 Å². The molecule has 0 heterocycles. The molecule has 0 spiro atoms. The van der Waals surface area contributed by atoms with Gasteiger partial charge in [-0.25, -0.2) is 0 Å². The van der Waals surface area contributed by atoms with Gasteiger partial charge in [-0.15, -0.1) is 0 Å². The molecule has 1 aromatic carbocycles. The highest BCUT2D eigenvalue weighted by molar-refractivity contribution is 9.10. The summed E-state index contributed by atoms with van der Waals surface area (Å²) in [6, 6.07) is 1.85. The molecule has 19 heavy (non-hydrogen) atoms. The molecule has 0 amide bonds. The van der Waals surface area contributed by atoms with Crippen molar-refractivity contribution in [3.63, 3.8) is 0 Å². The van der Waals surface area contributed by atoms with Crippen LogP contribution in [-0.4, -0.2) is 5.97 Å². The lowest BCUT2D eigenvalue weighted by Gasteiger charge is -2.24. The summed E-state index contributed by atoms with van der Waals surface area (Å²) in [7, 11) is 0. The number of alkyl halides is 3. The smallest absolute Gasteiger partial charge is 0.416 e. The molecule has 0 atom stereocenters. The van der Waals surface area contributed by atoms with Crippen molar-refractivity contribution in [2.24, 2.45) is 0 Å². The van der Waals surface area contributed by atoms with Crippen LogP contribution < -0.4 is 4.74 Å². The van der Waals surface area contributed by atoms with Crippen LogP contribution in [0.4, 0.5) is 13.2 Å². The van der Waals surface area contributed by atoms with Gasteiger partial charge in [-0.3, -0.25) is 4.79 Å². The molecule has 0 unspecified atom stereocenters. The first-order valence-electron chi connectivity index (χ1n) is 5.52. The largest absolute Gasteiger partial charge is 0.426 e. The molecule has 0 aliphatic carbocycles. The third-order valence-corrected chi connectivity index (χ3v) is 3.01. The predicted molar refractivity (Wildman–Crippen MR) is 69.2 cm³/mol. The number of esters is 1. The summed E-state index contributed by atoms with van der Waals surface area (Å²) in [6.45, 7) is 6.63. The maximum Gasteiger partial charge on any atom is 0.416 e. The van der Waals surface area contributed by atoms with E-state index in [0.717, 1.165) is 19.1 Å². The SMILES string of the molecule is CC(=O)Oc1cc(C(F)(F)F)cc(Br)c1C(C)(C)C. The second-order valence-corrected chi connectivity index (χ2v) is 6.03. The fraction of sp³-hybridized carbons (Fsp3) is 0.462. The van der Waals surface area contributed by atoms with Crippen molar-refractivity contribution in [3.05, 3.63) is 27.7 Å². The molecule has 0 aliphatic rings. The van der Waals surface area contributed by atoms with Gasteiger partial charge < -0.3 is 4.74 Å². The number of hydrogen-bond acceptors (Lipinski definition) is 2. The zero-order valence-electron chi connectivity index (χ0n) is 11.0. The van der Waals surface area contributed by atoms with Gasteiger partial charge in [0.05, 0.1) is 5.56 Å². The Labute approximate surface area is 118 Å². The Morgan fingerprint density at radius 3 is 2.11 bits per heavy atom. The minimum Gasteiger partial charge on any atom is -0.426 e. The van der Waals surface area contributed by atoms with E-state index in [1.807, 2.05) is 20.8 Å². The summed E-state index contributed by atoms with van der Waals surface area (Å²) in [6.07, 6.45) is -4.49. The molecule has 0 N–H and O–H groups in total. The van der Waals surface area contributed by atoms with Crippen LogP contribution in [0.25, 0.3) is 0 Å². The molecule has 0 aliphatic heterocycles. The highest BCUT2D eigenvalue weighted by Gasteiger charge is 2.34. The average molecular weight is 339 g/mol. The summed E-state index contributed by atoms with van der Waals surface area (Å²) in [5.74, 6) is -0.724. The standard InChI is InChI=1S/C13H14BrF3O2/c1-7(18)19-10-6-8(13(15,16)17)5-9(14)11(10)12(2,3)4/h5-6H,1-4H3. The average Bonchev–Trinajstić information content (AvgIpc) is 2.11. The lowest BCUT2D eigenvalue weighted by Crippen LogP contribution is -2.17. The van der Waals surface area contributed by atoms with E-state index in [4.69, 9.17) is 4.74 Å². The van der Waals surface area contributed by atoms with Crippen LogP contribution in [0, 0.1) is 0 Å². The number of carbonyl (C=O) groups is 1. The maximum absolute atomic E-state index is 12.8. The van der Waals surface area contributed by atoms with E-state index in [2.05, 4.69) is 15.9 Å². The molecule has 0 saturated heterocycles. The van der Waals surface area contributed by atoms with E-state index >= 15 is 0 Å². The van der Waals surface area contributed by atoms with Crippen molar-refractivity contribution in [1.29, 1.82) is 0 Å². The minimum atomic E-state index is -4.49. The van der Waals surface area contributed by atoms with E-state index < -0.39 is 23.1 Å². The predicted octanol–water partition coefficient (Wildman–Crippen LogP) is 4.69. The maximum atomic E-state index is 12.8. The van der Waals surface area contributed by atoms with Gasteiger partial charge in [0.1, 0.15) is 5.75 Å². The van der Waals surface area contributed by atoms with Crippen LogP contribution in [0.1, 0.15) is 38.8 Å².